The molecule has 5 nitrogen and oxygen atoms in total. The maximum absolute atomic E-state index is 14.3. The first-order valence-electron chi connectivity index (χ1n) is 22.0. The SMILES string of the molecule is [2H]C([2H])([2H])c1cc(-c2[c-]cc(F)c(-c3ccccc3)c2)nc[c]1[Ge]([CH3])([CH3])[CH3].[Ir].[c-]1ccc2c(oc3ncccc32)c1-c1nc2c3ccccc3ccc2n1-c1ccccc1-c1ccccc1. The molecule has 0 amide bonds. The van der Waals surface area contributed by atoms with Gasteiger partial charge in [0.1, 0.15) is 0 Å². The molecule has 0 aliphatic rings. The summed E-state index contributed by atoms with van der Waals surface area (Å²) in [5.74, 6) is 6.84. The first kappa shape index (κ1) is 38.2. The van der Waals surface area contributed by atoms with Gasteiger partial charge in [0.2, 0.25) is 5.71 Å². The molecule has 1 radical (unpaired) electrons. The maximum Gasteiger partial charge on any atom is 0.216 e. The molecule has 0 saturated heterocycles. The van der Waals surface area contributed by atoms with Crippen LogP contribution < -0.4 is 4.40 Å². The molecule has 0 atom stereocenters. The van der Waals surface area contributed by atoms with Crippen LogP contribution in [-0.4, -0.2) is 32.8 Å². The number of halogens is 1. The standard InChI is InChI=1S/C34H20N3O.C21H21FGeN.Ir/c1-2-10-22(11-3-1)24-13-6-7-18-29(24)37-30-20-19-23-12-4-5-14-25(23)31(30)36-33(37)28-16-8-15-26-27-17-9-21-35-34(27)38-32(26)28;1-15-12-21(24-14-20(15)23(2,3)4)17-10-11-19(22)18(13-17)16-8-6-5-7-9-16;/h1-15,17-21H;5-9,11-14H,1-4H3;/q2*-1;/i;1D3;. The van der Waals surface area contributed by atoms with Crippen LogP contribution in [0.25, 0.3) is 94.5 Å². The van der Waals surface area contributed by atoms with Crippen LogP contribution in [0, 0.1) is 24.8 Å². The van der Waals surface area contributed by atoms with E-state index in [0.29, 0.717) is 28.1 Å². The van der Waals surface area contributed by atoms with Gasteiger partial charge in [-0.05, 0) is 35.2 Å². The number of aromatic nitrogens is 4. The summed E-state index contributed by atoms with van der Waals surface area (Å²) in [5, 5.41) is 4.25. The Hall–Kier alpha value is -6.51. The molecule has 8 heteroatoms. The predicted octanol–water partition coefficient (Wildman–Crippen LogP) is 13.8. The number of nitrogens with zero attached hydrogens (tertiary/aromatic N) is 4. The number of hydrogen-bond acceptors (Lipinski definition) is 4. The second kappa shape index (κ2) is 17.3. The zero-order valence-electron chi connectivity index (χ0n) is 37.7. The molecule has 4 aromatic heterocycles. The van der Waals surface area contributed by atoms with E-state index >= 15 is 0 Å². The minimum atomic E-state index is -2.41. The molecule has 63 heavy (non-hydrogen) atoms. The van der Waals surface area contributed by atoms with E-state index in [1.807, 2.05) is 60.7 Å². The van der Waals surface area contributed by atoms with Gasteiger partial charge in [-0.15, -0.1) is 18.2 Å². The third-order valence-corrected chi connectivity index (χ3v) is 15.4. The molecule has 0 unspecified atom stereocenters. The van der Waals surface area contributed by atoms with Gasteiger partial charge in [0, 0.05) is 48.3 Å². The van der Waals surface area contributed by atoms with Gasteiger partial charge in [-0.25, -0.2) is 4.98 Å². The van der Waals surface area contributed by atoms with Gasteiger partial charge >= 0.3 is 150 Å². The number of furan rings is 1. The van der Waals surface area contributed by atoms with Gasteiger partial charge < -0.3 is 8.98 Å². The number of benzene rings is 7. The Kier molecular flexibility index (Phi) is 10.5. The van der Waals surface area contributed by atoms with Crippen molar-refractivity contribution in [2.45, 2.75) is 24.1 Å². The molecule has 0 bridgehead atoms. The topological polar surface area (TPSA) is 56.7 Å². The van der Waals surface area contributed by atoms with Crippen molar-refractivity contribution < 1.29 is 33.0 Å². The van der Waals surface area contributed by atoms with Crippen LogP contribution in [0.5, 0.6) is 0 Å². The smallest absolute Gasteiger partial charge is 0.216 e. The van der Waals surface area contributed by atoms with Crippen molar-refractivity contribution in [2.75, 3.05) is 0 Å². The molecular formula is C55H41FGeIrN4O-2. The number of hydrogen-bond donors (Lipinski definition) is 0. The van der Waals surface area contributed by atoms with Gasteiger partial charge in [0.25, 0.3) is 0 Å². The summed E-state index contributed by atoms with van der Waals surface area (Å²) in [6, 6.07) is 59.8. The van der Waals surface area contributed by atoms with Crippen LogP contribution in [-0.2, 0) is 20.1 Å². The molecule has 0 aliphatic heterocycles. The predicted molar refractivity (Wildman–Crippen MR) is 255 cm³/mol. The van der Waals surface area contributed by atoms with Crippen LogP contribution in [0.2, 0.25) is 17.3 Å². The summed E-state index contributed by atoms with van der Waals surface area (Å²) in [7, 11) is 0. The van der Waals surface area contributed by atoms with E-state index in [9.17, 15) is 4.39 Å². The number of aryl methyl sites for hydroxylation is 1. The molecule has 11 aromatic rings. The third kappa shape index (κ3) is 7.93. The number of para-hydroxylation sites is 1. The van der Waals surface area contributed by atoms with Gasteiger partial charge in [-0.2, -0.15) is 0 Å². The molecule has 11 rings (SSSR count). The summed E-state index contributed by atoms with van der Waals surface area (Å²) in [6.45, 7) is -2.21. The van der Waals surface area contributed by atoms with Crippen molar-refractivity contribution in [2.24, 2.45) is 0 Å². The van der Waals surface area contributed by atoms with Crippen LogP contribution in [0.4, 0.5) is 4.39 Å². The maximum atomic E-state index is 14.3. The fraction of sp³-hybridized carbons (Fsp3) is 0.0727. The van der Waals surface area contributed by atoms with E-state index in [-0.39, 0.29) is 25.9 Å². The monoisotopic (exact) mass is 1060 g/mol. The van der Waals surface area contributed by atoms with E-state index in [1.54, 1.807) is 24.5 Å². The Morgan fingerprint density at radius 2 is 1.41 bits per heavy atom. The van der Waals surface area contributed by atoms with Gasteiger partial charge in [0.15, 0.2) is 0 Å². The Bertz CT molecular complexity index is 3550. The van der Waals surface area contributed by atoms with Crippen LogP contribution in [0.1, 0.15) is 9.68 Å². The molecule has 0 aliphatic carbocycles. The van der Waals surface area contributed by atoms with Crippen molar-refractivity contribution in [3.63, 3.8) is 0 Å². The Balaban J connectivity index is 0.000000174. The number of fused-ring (bicyclic) bond motifs is 6. The van der Waals surface area contributed by atoms with Crippen molar-refractivity contribution in [1.82, 2.24) is 19.5 Å². The molecule has 4 heterocycles. The molecule has 7 aromatic carbocycles. The van der Waals surface area contributed by atoms with Gasteiger partial charge in [-0.3, -0.25) is 4.98 Å². The minimum Gasteiger partial charge on any atom is -0.486 e. The van der Waals surface area contributed by atoms with Crippen LogP contribution in [0.3, 0.4) is 0 Å². The van der Waals surface area contributed by atoms with E-state index in [2.05, 4.69) is 129 Å². The van der Waals surface area contributed by atoms with Crippen molar-refractivity contribution in [3.8, 4) is 50.6 Å². The number of imidazole rings is 1. The quantitative estimate of drug-likeness (QED) is 0.123. The molecule has 0 N–H and O–H groups in total. The fourth-order valence-corrected chi connectivity index (χ4v) is 11.0. The summed E-state index contributed by atoms with van der Waals surface area (Å²) >= 11 is -2.41. The summed E-state index contributed by atoms with van der Waals surface area (Å²) < 4.78 is 47.6. The Morgan fingerprint density at radius 1 is 0.698 bits per heavy atom. The Morgan fingerprint density at radius 3 is 2.19 bits per heavy atom. The van der Waals surface area contributed by atoms with Gasteiger partial charge in [0.05, 0.1) is 22.4 Å². The number of pyridine rings is 2. The molecule has 309 valence electrons. The zero-order chi connectivity index (χ0) is 44.9. The average Bonchev–Trinajstić information content (AvgIpc) is 3.91. The zero-order valence-corrected chi connectivity index (χ0v) is 39.1. The number of rotatable bonds is 6. The van der Waals surface area contributed by atoms with Gasteiger partial charge in [-0.1, -0.05) is 89.8 Å². The fourth-order valence-electron chi connectivity index (χ4n) is 8.16. The van der Waals surface area contributed by atoms with E-state index in [0.717, 1.165) is 76.3 Å². The molecular weight excluding hydrogens is 1020 g/mol. The molecule has 0 saturated carbocycles. The molecule has 0 fully saturated rings. The summed E-state index contributed by atoms with van der Waals surface area (Å²) in [6.07, 6.45) is 3.45. The second-order valence-electron chi connectivity index (χ2n) is 16.2. The van der Waals surface area contributed by atoms with E-state index in [1.165, 1.54) is 6.07 Å². The van der Waals surface area contributed by atoms with Crippen molar-refractivity contribution >= 4 is 61.5 Å². The van der Waals surface area contributed by atoms with E-state index < -0.39 is 20.1 Å². The van der Waals surface area contributed by atoms with Crippen molar-refractivity contribution in [1.29, 1.82) is 0 Å². The van der Waals surface area contributed by atoms with Crippen LogP contribution >= 0.6 is 0 Å². The second-order valence-corrected chi connectivity index (χ2v) is 26.8. The molecule has 0 spiro atoms. The minimum absolute atomic E-state index is 0. The summed E-state index contributed by atoms with van der Waals surface area (Å²) in [4.78, 5) is 14.3. The largest absolute Gasteiger partial charge is 0.486 e. The Labute approximate surface area is 386 Å². The normalized spacial score (nSPS) is 12.3. The first-order valence-corrected chi connectivity index (χ1v) is 27.8. The van der Waals surface area contributed by atoms with E-state index in [4.69, 9.17) is 13.5 Å². The summed E-state index contributed by atoms with van der Waals surface area (Å²) in [5.41, 5.74) is 10.1. The first-order chi connectivity index (χ1) is 31.4. The third-order valence-electron chi connectivity index (χ3n) is 11.2. The average molecular weight is 1060 g/mol. The van der Waals surface area contributed by atoms with Crippen molar-refractivity contribution in [3.05, 3.63) is 200 Å². The van der Waals surface area contributed by atoms with Crippen LogP contribution in [0.15, 0.2) is 181 Å².